The number of carbonyl (C=O) groups is 1. The Kier molecular flexibility index (Phi) is 3.96. The van der Waals surface area contributed by atoms with Crippen LogP contribution in [0, 0.1) is 0 Å². The second-order valence-corrected chi connectivity index (χ2v) is 5.18. The Morgan fingerprint density at radius 2 is 2.33 bits per heavy atom. The number of carbonyl (C=O) groups excluding carboxylic acids is 1. The van der Waals surface area contributed by atoms with Crippen molar-refractivity contribution < 1.29 is 4.79 Å². The van der Waals surface area contributed by atoms with Gasteiger partial charge in [-0.25, -0.2) is 4.98 Å². The molecule has 21 heavy (non-hydrogen) atoms. The average molecular weight is 285 g/mol. The molecule has 1 aliphatic rings. The summed E-state index contributed by atoms with van der Waals surface area (Å²) in [7, 11) is 0. The second-order valence-electron chi connectivity index (χ2n) is 5.18. The van der Waals surface area contributed by atoms with Gasteiger partial charge < -0.3 is 10.6 Å². The zero-order valence-electron chi connectivity index (χ0n) is 12.1. The highest BCUT2D eigenvalue weighted by Gasteiger charge is 2.17. The number of aromatic nitrogens is 3. The highest BCUT2D eigenvalue weighted by molar-refractivity contribution is 6.02. The number of fused-ring (bicyclic) bond motifs is 1. The van der Waals surface area contributed by atoms with Gasteiger partial charge >= 0.3 is 0 Å². The summed E-state index contributed by atoms with van der Waals surface area (Å²) in [6, 6.07) is 6.00. The highest BCUT2D eigenvalue weighted by Crippen LogP contribution is 2.23. The van der Waals surface area contributed by atoms with Crippen molar-refractivity contribution in [2.45, 2.75) is 32.7 Å². The lowest BCUT2D eigenvalue weighted by atomic mass is 9.99. The summed E-state index contributed by atoms with van der Waals surface area (Å²) in [6.07, 6.45) is 2.75. The molecule has 1 aliphatic heterocycles. The van der Waals surface area contributed by atoms with E-state index in [-0.39, 0.29) is 11.7 Å². The molecule has 0 saturated heterocycles. The molecule has 2 aromatic rings. The molecule has 0 bridgehead atoms. The summed E-state index contributed by atoms with van der Waals surface area (Å²) in [5.74, 6) is 0.673. The fraction of sp³-hybridized carbons (Fsp3) is 0.400. The molecule has 6 nitrogen and oxygen atoms in total. The lowest BCUT2D eigenvalue weighted by Gasteiger charge is -2.20. The van der Waals surface area contributed by atoms with Crippen LogP contribution in [0.3, 0.4) is 0 Å². The van der Waals surface area contributed by atoms with Crippen LogP contribution in [0.2, 0.25) is 0 Å². The summed E-state index contributed by atoms with van der Waals surface area (Å²) < 4.78 is 0. The van der Waals surface area contributed by atoms with Gasteiger partial charge in [0.05, 0.1) is 0 Å². The van der Waals surface area contributed by atoms with E-state index >= 15 is 0 Å². The normalized spacial score (nSPS) is 13.8. The Bertz CT molecular complexity index is 649. The maximum Gasteiger partial charge on any atom is 0.295 e. The van der Waals surface area contributed by atoms with Crippen LogP contribution < -0.4 is 10.6 Å². The van der Waals surface area contributed by atoms with Crippen molar-refractivity contribution in [2.75, 3.05) is 11.9 Å². The van der Waals surface area contributed by atoms with E-state index in [2.05, 4.69) is 38.8 Å². The lowest BCUT2D eigenvalue weighted by molar-refractivity contribution is 0.101. The maximum atomic E-state index is 12.2. The maximum absolute atomic E-state index is 12.2. The fourth-order valence-corrected chi connectivity index (χ4v) is 2.55. The predicted molar refractivity (Wildman–Crippen MR) is 80.2 cm³/mol. The molecule has 0 radical (unpaired) electrons. The molecule has 0 atom stereocenters. The van der Waals surface area contributed by atoms with Crippen molar-refractivity contribution in [3.63, 3.8) is 0 Å². The first-order valence-electron chi connectivity index (χ1n) is 7.32. The molecule has 1 aromatic carbocycles. The summed E-state index contributed by atoms with van der Waals surface area (Å²) in [6.45, 7) is 3.82. The van der Waals surface area contributed by atoms with Gasteiger partial charge in [-0.05, 0) is 36.6 Å². The smallest absolute Gasteiger partial charge is 0.295 e. The van der Waals surface area contributed by atoms with Crippen LogP contribution in [0.1, 0.15) is 40.9 Å². The number of nitrogens with one attached hydrogen (secondary N) is 3. The minimum atomic E-state index is -0.271. The summed E-state index contributed by atoms with van der Waals surface area (Å²) in [4.78, 5) is 16.5. The van der Waals surface area contributed by atoms with Crippen LogP contribution in [0.25, 0.3) is 0 Å². The van der Waals surface area contributed by atoms with Gasteiger partial charge in [-0.1, -0.05) is 19.1 Å². The lowest BCUT2D eigenvalue weighted by Crippen LogP contribution is -2.25. The molecule has 0 saturated carbocycles. The molecule has 0 unspecified atom stereocenters. The van der Waals surface area contributed by atoms with E-state index in [1.807, 2.05) is 12.1 Å². The third-order valence-corrected chi connectivity index (χ3v) is 3.62. The SMILES string of the molecule is CCCc1nc(C(=O)Nc2cccc3c2CNCC3)n[nH]1. The van der Waals surface area contributed by atoms with Crippen molar-refractivity contribution in [1.29, 1.82) is 0 Å². The Labute approximate surface area is 123 Å². The Morgan fingerprint density at radius 3 is 3.19 bits per heavy atom. The number of aromatic amines is 1. The molecule has 0 fully saturated rings. The molecular formula is C15H19N5O. The van der Waals surface area contributed by atoms with E-state index in [0.29, 0.717) is 0 Å². The molecule has 3 rings (SSSR count). The minimum Gasteiger partial charge on any atom is -0.319 e. The predicted octanol–water partition coefficient (Wildman–Crippen LogP) is 1.66. The largest absolute Gasteiger partial charge is 0.319 e. The first-order chi connectivity index (χ1) is 10.3. The van der Waals surface area contributed by atoms with Gasteiger partial charge in [0.15, 0.2) is 0 Å². The molecule has 1 aromatic heterocycles. The van der Waals surface area contributed by atoms with Gasteiger partial charge in [-0.3, -0.25) is 9.89 Å². The third-order valence-electron chi connectivity index (χ3n) is 3.62. The van der Waals surface area contributed by atoms with Gasteiger partial charge in [-0.15, -0.1) is 5.10 Å². The Morgan fingerprint density at radius 1 is 1.43 bits per heavy atom. The van der Waals surface area contributed by atoms with Crippen molar-refractivity contribution >= 4 is 11.6 Å². The van der Waals surface area contributed by atoms with E-state index in [4.69, 9.17) is 0 Å². The third kappa shape index (κ3) is 2.95. The molecule has 0 spiro atoms. The van der Waals surface area contributed by atoms with Crippen molar-refractivity contribution in [3.8, 4) is 0 Å². The highest BCUT2D eigenvalue weighted by atomic mass is 16.2. The Balaban J connectivity index is 1.78. The number of aryl methyl sites for hydroxylation is 1. The van der Waals surface area contributed by atoms with Crippen molar-refractivity contribution in [1.82, 2.24) is 20.5 Å². The first kappa shape index (κ1) is 13.8. The van der Waals surface area contributed by atoms with E-state index in [1.54, 1.807) is 0 Å². The number of nitrogens with zero attached hydrogens (tertiary/aromatic N) is 2. The zero-order valence-corrected chi connectivity index (χ0v) is 12.1. The van der Waals surface area contributed by atoms with Crippen LogP contribution in [0.4, 0.5) is 5.69 Å². The minimum absolute atomic E-state index is 0.194. The van der Waals surface area contributed by atoms with E-state index in [0.717, 1.165) is 49.4 Å². The number of amides is 1. The van der Waals surface area contributed by atoms with Gasteiger partial charge in [0.25, 0.3) is 5.91 Å². The van der Waals surface area contributed by atoms with Crippen LogP contribution in [0.15, 0.2) is 18.2 Å². The number of H-pyrrole nitrogens is 1. The molecule has 0 aliphatic carbocycles. The number of rotatable bonds is 4. The number of hydrogen-bond acceptors (Lipinski definition) is 4. The number of anilines is 1. The second kappa shape index (κ2) is 6.05. The molecule has 1 amide bonds. The Hall–Kier alpha value is -2.21. The summed E-state index contributed by atoms with van der Waals surface area (Å²) in [5.41, 5.74) is 3.28. The van der Waals surface area contributed by atoms with Crippen molar-refractivity contribution in [3.05, 3.63) is 41.0 Å². The van der Waals surface area contributed by atoms with E-state index in [9.17, 15) is 4.79 Å². The van der Waals surface area contributed by atoms with Crippen LogP contribution in [-0.2, 0) is 19.4 Å². The molecule has 2 heterocycles. The quantitative estimate of drug-likeness (QED) is 0.797. The van der Waals surface area contributed by atoms with Crippen LogP contribution in [-0.4, -0.2) is 27.6 Å². The standard InChI is InChI=1S/C15H19N5O/c1-2-4-13-18-14(20-19-13)15(21)17-12-6-3-5-10-7-8-16-9-11(10)12/h3,5-6,16H,2,4,7-9H2,1H3,(H,17,21)(H,18,19,20). The van der Waals surface area contributed by atoms with Crippen LogP contribution >= 0.6 is 0 Å². The molecule has 6 heteroatoms. The van der Waals surface area contributed by atoms with Crippen molar-refractivity contribution in [2.24, 2.45) is 0 Å². The zero-order chi connectivity index (χ0) is 14.7. The number of benzene rings is 1. The average Bonchev–Trinajstić information content (AvgIpc) is 2.97. The molecular weight excluding hydrogens is 266 g/mol. The fourth-order valence-electron chi connectivity index (χ4n) is 2.55. The first-order valence-corrected chi connectivity index (χ1v) is 7.32. The van der Waals surface area contributed by atoms with Gasteiger partial charge in [0.1, 0.15) is 5.82 Å². The van der Waals surface area contributed by atoms with Gasteiger partial charge in [0.2, 0.25) is 5.82 Å². The van der Waals surface area contributed by atoms with E-state index in [1.165, 1.54) is 5.56 Å². The molecule has 3 N–H and O–H groups in total. The van der Waals surface area contributed by atoms with E-state index < -0.39 is 0 Å². The van der Waals surface area contributed by atoms with Gasteiger partial charge in [-0.2, -0.15) is 0 Å². The summed E-state index contributed by atoms with van der Waals surface area (Å²) in [5, 5.41) is 13.0. The summed E-state index contributed by atoms with van der Waals surface area (Å²) >= 11 is 0. The monoisotopic (exact) mass is 285 g/mol. The number of hydrogen-bond donors (Lipinski definition) is 3. The van der Waals surface area contributed by atoms with Crippen LogP contribution in [0.5, 0.6) is 0 Å². The topological polar surface area (TPSA) is 82.7 Å². The molecule has 110 valence electrons. The van der Waals surface area contributed by atoms with Gasteiger partial charge in [0, 0.05) is 18.7 Å².